The first-order valence-electron chi connectivity index (χ1n) is 6.65. The molecule has 2 rings (SSSR count). The van der Waals surface area contributed by atoms with Gasteiger partial charge in [0.15, 0.2) is 0 Å². The average molecular weight is 375 g/mol. The van der Waals surface area contributed by atoms with Gasteiger partial charge in [0, 0.05) is 50.2 Å². The summed E-state index contributed by atoms with van der Waals surface area (Å²) < 4.78 is 0. The minimum Gasteiger partial charge on any atom is -0.314 e. The summed E-state index contributed by atoms with van der Waals surface area (Å²) in [5.41, 5.74) is 1.07. The Kier molecular flexibility index (Phi) is 8.85. The number of aromatic nitrogens is 1. The van der Waals surface area contributed by atoms with Crippen LogP contribution in [0.1, 0.15) is 32.4 Å². The van der Waals surface area contributed by atoms with Crippen molar-refractivity contribution in [3.8, 4) is 0 Å². The van der Waals surface area contributed by atoms with Crippen LogP contribution in [0.3, 0.4) is 0 Å². The van der Waals surface area contributed by atoms with Crippen molar-refractivity contribution in [2.24, 2.45) is 5.41 Å². The topological polar surface area (TPSA) is 28.2 Å². The molecule has 1 atom stereocenters. The largest absolute Gasteiger partial charge is 0.314 e. The molecule has 122 valence electrons. The van der Waals surface area contributed by atoms with Crippen LogP contribution < -0.4 is 5.32 Å². The van der Waals surface area contributed by atoms with E-state index in [0.29, 0.717) is 10.0 Å². The first-order valence-corrected chi connectivity index (χ1v) is 7.40. The summed E-state index contributed by atoms with van der Waals surface area (Å²) in [6.45, 7) is 10.7. The van der Waals surface area contributed by atoms with Gasteiger partial charge in [-0.05, 0) is 5.41 Å². The van der Waals surface area contributed by atoms with Gasteiger partial charge < -0.3 is 5.32 Å². The van der Waals surface area contributed by atoms with Crippen LogP contribution in [-0.4, -0.2) is 36.1 Å². The molecule has 0 unspecified atom stereocenters. The molecule has 1 aliphatic heterocycles. The van der Waals surface area contributed by atoms with Crippen LogP contribution in [0.25, 0.3) is 0 Å². The van der Waals surface area contributed by atoms with Gasteiger partial charge >= 0.3 is 0 Å². The van der Waals surface area contributed by atoms with Gasteiger partial charge in [-0.25, -0.2) is 0 Å². The van der Waals surface area contributed by atoms with Crippen LogP contribution >= 0.6 is 48.0 Å². The molecule has 3 nitrogen and oxygen atoms in total. The molecule has 0 saturated carbocycles. The lowest BCUT2D eigenvalue weighted by molar-refractivity contribution is 0.0863. The zero-order chi connectivity index (χ0) is 14.0. The fourth-order valence-electron chi connectivity index (χ4n) is 2.79. The van der Waals surface area contributed by atoms with Gasteiger partial charge in [-0.1, -0.05) is 44.0 Å². The smallest absolute Gasteiger partial charge is 0.0652 e. The van der Waals surface area contributed by atoms with E-state index in [1.165, 1.54) is 0 Å². The average Bonchev–Trinajstić information content (AvgIpc) is 2.33. The van der Waals surface area contributed by atoms with E-state index in [-0.39, 0.29) is 36.3 Å². The predicted octanol–water partition coefficient (Wildman–Crippen LogP) is 4.22. The van der Waals surface area contributed by atoms with E-state index in [1.807, 2.05) is 0 Å². The Morgan fingerprint density at radius 3 is 2.00 bits per heavy atom. The quantitative estimate of drug-likeness (QED) is 0.839. The van der Waals surface area contributed by atoms with Gasteiger partial charge in [-0.2, -0.15) is 0 Å². The molecule has 7 heteroatoms. The number of hydrogen-bond donors (Lipinski definition) is 1. The molecule has 0 spiro atoms. The summed E-state index contributed by atoms with van der Waals surface area (Å²) >= 11 is 12.7. The van der Waals surface area contributed by atoms with E-state index in [0.717, 1.165) is 31.7 Å². The minimum atomic E-state index is 0. The Morgan fingerprint density at radius 1 is 1.10 bits per heavy atom. The molecule has 1 aromatic heterocycles. The van der Waals surface area contributed by atoms with Crippen molar-refractivity contribution in [2.75, 3.05) is 26.2 Å². The Hall–Kier alpha value is 0.230. The highest BCUT2D eigenvalue weighted by molar-refractivity contribution is 6.35. The molecular formula is C14H23Cl4N3. The van der Waals surface area contributed by atoms with E-state index in [2.05, 4.69) is 36.0 Å². The number of pyridine rings is 1. The molecule has 1 N–H and O–H groups in total. The first-order chi connectivity index (χ1) is 8.91. The SMILES string of the molecule is CC(C)(C)[C@@H](c1c(Cl)cncc1Cl)N1CCNCC1.Cl.Cl. The van der Waals surface area contributed by atoms with Crippen LogP contribution in [0.2, 0.25) is 10.0 Å². The molecular weight excluding hydrogens is 352 g/mol. The maximum atomic E-state index is 6.36. The maximum Gasteiger partial charge on any atom is 0.0652 e. The second kappa shape index (κ2) is 8.76. The van der Waals surface area contributed by atoms with E-state index < -0.39 is 0 Å². The summed E-state index contributed by atoms with van der Waals surface area (Å²) in [5, 5.41) is 4.70. The molecule has 1 aromatic rings. The predicted molar refractivity (Wildman–Crippen MR) is 95.4 cm³/mol. The molecule has 21 heavy (non-hydrogen) atoms. The third-order valence-corrected chi connectivity index (χ3v) is 4.10. The molecule has 1 fully saturated rings. The highest BCUT2D eigenvalue weighted by Crippen LogP contribution is 2.43. The molecule has 1 aliphatic rings. The van der Waals surface area contributed by atoms with E-state index in [4.69, 9.17) is 23.2 Å². The molecule has 0 aromatic carbocycles. The summed E-state index contributed by atoms with van der Waals surface area (Å²) in [6.07, 6.45) is 3.37. The fraction of sp³-hybridized carbons (Fsp3) is 0.643. The zero-order valence-corrected chi connectivity index (χ0v) is 15.7. The van der Waals surface area contributed by atoms with E-state index in [1.54, 1.807) is 12.4 Å². The molecule has 2 heterocycles. The van der Waals surface area contributed by atoms with Gasteiger partial charge in [-0.3, -0.25) is 9.88 Å². The highest BCUT2D eigenvalue weighted by Gasteiger charge is 2.35. The molecule has 0 bridgehead atoms. The third kappa shape index (κ3) is 5.12. The number of halogens is 4. The Bertz CT molecular complexity index is 422. The number of piperazine rings is 1. The number of nitrogens with one attached hydrogen (secondary N) is 1. The van der Waals surface area contributed by atoms with Crippen molar-refractivity contribution in [1.82, 2.24) is 15.2 Å². The summed E-state index contributed by atoms with van der Waals surface area (Å²) in [7, 11) is 0. The van der Waals surface area contributed by atoms with Crippen molar-refractivity contribution in [1.29, 1.82) is 0 Å². The van der Waals surface area contributed by atoms with Crippen molar-refractivity contribution in [3.05, 3.63) is 28.0 Å². The Morgan fingerprint density at radius 2 is 1.57 bits per heavy atom. The third-order valence-electron chi connectivity index (χ3n) is 3.50. The highest BCUT2D eigenvalue weighted by atomic mass is 35.5. The lowest BCUT2D eigenvalue weighted by Crippen LogP contribution is -2.48. The van der Waals surface area contributed by atoms with Gasteiger partial charge in [0.1, 0.15) is 0 Å². The standard InChI is InChI=1S/C14H21Cl2N3.2ClH/c1-14(2,3)13(19-6-4-17-5-7-19)12-10(15)8-18-9-11(12)16;;/h8-9,13,17H,4-7H2,1-3H3;2*1H/t13-;;/m1../s1. The van der Waals surface area contributed by atoms with Gasteiger partial charge in [-0.15, -0.1) is 24.8 Å². The van der Waals surface area contributed by atoms with Crippen molar-refractivity contribution in [3.63, 3.8) is 0 Å². The van der Waals surface area contributed by atoms with Gasteiger partial charge in [0.2, 0.25) is 0 Å². The van der Waals surface area contributed by atoms with Gasteiger partial charge in [0.25, 0.3) is 0 Å². The second-order valence-electron chi connectivity index (χ2n) is 6.07. The monoisotopic (exact) mass is 373 g/mol. The number of nitrogens with zero attached hydrogens (tertiary/aromatic N) is 2. The maximum absolute atomic E-state index is 6.36. The second-order valence-corrected chi connectivity index (χ2v) is 6.89. The zero-order valence-electron chi connectivity index (χ0n) is 12.5. The van der Waals surface area contributed by atoms with Crippen molar-refractivity contribution >= 4 is 48.0 Å². The minimum absolute atomic E-state index is 0. The molecule has 0 aliphatic carbocycles. The summed E-state index contributed by atoms with van der Waals surface area (Å²) in [5.74, 6) is 0. The number of rotatable bonds is 2. The van der Waals surface area contributed by atoms with E-state index in [9.17, 15) is 0 Å². The lowest BCUT2D eigenvalue weighted by atomic mass is 9.81. The lowest BCUT2D eigenvalue weighted by Gasteiger charge is -2.43. The Balaban J connectivity index is 0.00000200. The van der Waals surface area contributed by atoms with Crippen LogP contribution in [-0.2, 0) is 0 Å². The number of hydrogen-bond acceptors (Lipinski definition) is 3. The van der Waals surface area contributed by atoms with Crippen LogP contribution in [0.4, 0.5) is 0 Å². The fourth-order valence-corrected chi connectivity index (χ4v) is 3.36. The summed E-state index contributed by atoms with van der Waals surface area (Å²) in [4.78, 5) is 6.52. The van der Waals surface area contributed by atoms with Crippen molar-refractivity contribution < 1.29 is 0 Å². The summed E-state index contributed by atoms with van der Waals surface area (Å²) in [6, 6.07) is 0.206. The van der Waals surface area contributed by atoms with Gasteiger partial charge in [0.05, 0.1) is 10.0 Å². The van der Waals surface area contributed by atoms with E-state index >= 15 is 0 Å². The van der Waals surface area contributed by atoms with Crippen LogP contribution in [0.15, 0.2) is 12.4 Å². The molecule has 0 amide bonds. The molecule has 1 saturated heterocycles. The Labute approximate surface area is 149 Å². The normalized spacial score (nSPS) is 17.6. The van der Waals surface area contributed by atoms with Crippen LogP contribution in [0.5, 0.6) is 0 Å². The first kappa shape index (κ1) is 21.2. The molecule has 0 radical (unpaired) electrons. The van der Waals surface area contributed by atoms with Crippen LogP contribution in [0, 0.1) is 5.41 Å². The van der Waals surface area contributed by atoms with Crippen molar-refractivity contribution in [2.45, 2.75) is 26.8 Å².